The molecule has 0 aliphatic carbocycles. The van der Waals surface area contributed by atoms with E-state index in [-0.39, 0.29) is 12.4 Å². The number of nitrogens with one attached hydrogen (secondary N) is 2. The van der Waals surface area contributed by atoms with E-state index in [1.165, 1.54) is 0 Å². The van der Waals surface area contributed by atoms with Gasteiger partial charge in [-0.2, -0.15) is 0 Å². The lowest BCUT2D eigenvalue weighted by Crippen LogP contribution is -2.43. The molecule has 0 heterocycles. The van der Waals surface area contributed by atoms with Gasteiger partial charge < -0.3 is 5.32 Å². The Labute approximate surface area is 62.9 Å². The third kappa shape index (κ3) is 3.26. The van der Waals surface area contributed by atoms with Gasteiger partial charge in [-0.05, 0) is 0 Å². The first-order valence-corrected chi connectivity index (χ1v) is 3.10. The average molecular weight is 166 g/mol. The zero-order valence-corrected chi connectivity index (χ0v) is 5.94. The van der Waals surface area contributed by atoms with Gasteiger partial charge in [0.25, 0.3) is 0 Å². The zero-order valence-electron chi connectivity index (χ0n) is 5.19. The molecule has 0 rings (SSSR count). The minimum Gasteiger partial charge on any atom is -0.347 e. The van der Waals surface area contributed by atoms with Crippen molar-refractivity contribution in [1.82, 2.24) is 10.7 Å². The van der Waals surface area contributed by atoms with Crippen molar-refractivity contribution in [2.24, 2.45) is 5.84 Å². The molecule has 0 aromatic heterocycles. The van der Waals surface area contributed by atoms with Crippen LogP contribution in [0.25, 0.3) is 0 Å². The number of hydrazine groups is 1. The second-order valence-corrected chi connectivity index (χ2v) is 1.80. The summed E-state index contributed by atoms with van der Waals surface area (Å²) in [5.41, 5.74) is 1.68. The van der Waals surface area contributed by atoms with Crippen molar-refractivity contribution in [3.05, 3.63) is 0 Å². The van der Waals surface area contributed by atoms with Crippen LogP contribution in [0.2, 0.25) is 0 Å². The van der Waals surface area contributed by atoms with Gasteiger partial charge >= 0.3 is 11.8 Å². The summed E-state index contributed by atoms with van der Waals surface area (Å²) in [6.45, 7) is 0.258. The molecule has 2 amide bonds. The SMILES string of the molecule is NNC(=O)C(=O)NCCCl. The number of halogens is 1. The van der Waals surface area contributed by atoms with Gasteiger partial charge in [0.15, 0.2) is 0 Å². The fourth-order valence-corrected chi connectivity index (χ4v) is 0.401. The molecule has 0 spiro atoms. The van der Waals surface area contributed by atoms with Gasteiger partial charge in [0, 0.05) is 12.4 Å². The summed E-state index contributed by atoms with van der Waals surface area (Å²) in [6, 6.07) is 0. The summed E-state index contributed by atoms with van der Waals surface area (Å²) < 4.78 is 0. The highest BCUT2D eigenvalue weighted by atomic mass is 35.5. The van der Waals surface area contributed by atoms with Crippen LogP contribution < -0.4 is 16.6 Å². The summed E-state index contributed by atoms with van der Waals surface area (Å²) >= 11 is 5.22. The molecule has 5 nitrogen and oxygen atoms in total. The van der Waals surface area contributed by atoms with E-state index >= 15 is 0 Å². The van der Waals surface area contributed by atoms with Crippen molar-refractivity contribution in [3.8, 4) is 0 Å². The number of alkyl halides is 1. The largest absolute Gasteiger partial charge is 0.347 e. The van der Waals surface area contributed by atoms with Crippen LogP contribution >= 0.6 is 11.6 Å². The molecule has 6 heteroatoms. The fourth-order valence-electron chi connectivity index (χ4n) is 0.307. The lowest BCUT2D eigenvalue weighted by atomic mass is 10.5. The molecular formula is C4H8ClN3O2. The van der Waals surface area contributed by atoms with E-state index in [1.807, 2.05) is 0 Å². The number of carbonyl (C=O) groups is 2. The maximum Gasteiger partial charge on any atom is 0.323 e. The molecule has 0 saturated carbocycles. The first kappa shape index (κ1) is 9.19. The van der Waals surface area contributed by atoms with E-state index in [0.717, 1.165) is 0 Å². The van der Waals surface area contributed by atoms with Crippen LogP contribution in [0.15, 0.2) is 0 Å². The molecule has 0 aromatic rings. The monoisotopic (exact) mass is 165 g/mol. The van der Waals surface area contributed by atoms with Crippen molar-refractivity contribution >= 4 is 23.4 Å². The first-order valence-electron chi connectivity index (χ1n) is 2.57. The molecule has 0 radical (unpaired) electrons. The molecule has 10 heavy (non-hydrogen) atoms. The van der Waals surface area contributed by atoms with Crippen LogP contribution in [-0.4, -0.2) is 24.2 Å². The van der Waals surface area contributed by atoms with Gasteiger partial charge in [-0.3, -0.25) is 15.0 Å². The topological polar surface area (TPSA) is 84.2 Å². The second-order valence-electron chi connectivity index (χ2n) is 1.42. The Morgan fingerprint density at radius 1 is 1.40 bits per heavy atom. The van der Waals surface area contributed by atoms with Gasteiger partial charge in [-0.1, -0.05) is 0 Å². The maximum absolute atomic E-state index is 10.5. The van der Waals surface area contributed by atoms with E-state index in [1.54, 1.807) is 5.43 Å². The molecular weight excluding hydrogens is 158 g/mol. The Morgan fingerprint density at radius 2 is 2.00 bits per heavy atom. The zero-order chi connectivity index (χ0) is 7.98. The van der Waals surface area contributed by atoms with Gasteiger partial charge in [0.1, 0.15) is 0 Å². The molecule has 58 valence electrons. The number of carbonyl (C=O) groups excluding carboxylic acids is 2. The maximum atomic E-state index is 10.5. The number of amides is 2. The highest BCUT2D eigenvalue weighted by molar-refractivity contribution is 6.35. The summed E-state index contributed by atoms with van der Waals surface area (Å²) in [5.74, 6) is 3.27. The minimum absolute atomic E-state index is 0.258. The highest BCUT2D eigenvalue weighted by Gasteiger charge is 2.08. The lowest BCUT2D eigenvalue weighted by Gasteiger charge is -1.98. The van der Waals surface area contributed by atoms with Gasteiger partial charge in [-0.25, -0.2) is 5.84 Å². The quantitative estimate of drug-likeness (QED) is 0.150. The Hall–Kier alpha value is -0.810. The molecule has 0 atom stereocenters. The molecule has 0 aromatic carbocycles. The summed E-state index contributed by atoms with van der Waals surface area (Å²) in [4.78, 5) is 20.8. The van der Waals surface area contributed by atoms with Crippen molar-refractivity contribution in [1.29, 1.82) is 0 Å². The van der Waals surface area contributed by atoms with Gasteiger partial charge in [0.05, 0.1) is 0 Å². The Balaban J connectivity index is 3.52. The molecule has 0 aliphatic rings. The summed E-state index contributed by atoms with van der Waals surface area (Å²) in [6.07, 6.45) is 0. The molecule has 0 unspecified atom stereocenters. The normalized spacial score (nSPS) is 8.60. The number of hydrogen-bond acceptors (Lipinski definition) is 3. The van der Waals surface area contributed by atoms with E-state index in [9.17, 15) is 9.59 Å². The van der Waals surface area contributed by atoms with Crippen molar-refractivity contribution in [3.63, 3.8) is 0 Å². The predicted molar refractivity (Wildman–Crippen MR) is 36.1 cm³/mol. The molecule has 0 fully saturated rings. The standard InChI is InChI=1S/C4H8ClN3O2/c5-1-2-7-3(9)4(10)8-6/h1-2,6H2,(H,7,9)(H,8,10). The van der Waals surface area contributed by atoms with Crippen molar-refractivity contribution in [2.75, 3.05) is 12.4 Å². The van der Waals surface area contributed by atoms with Crippen LogP contribution in [0.4, 0.5) is 0 Å². The van der Waals surface area contributed by atoms with Gasteiger partial charge in [-0.15, -0.1) is 11.6 Å². The minimum atomic E-state index is -0.870. The lowest BCUT2D eigenvalue weighted by molar-refractivity contribution is -0.139. The van der Waals surface area contributed by atoms with E-state index in [0.29, 0.717) is 0 Å². The number of nitrogens with two attached hydrogens (primary N) is 1. The van der Waals surface area contributed by atoms with E-state index < -0.39 is 11.8 Å². The van der Waals surface area contributed by atoms with Crippen molar-refractivity contribution in [2.45, 2.75) is 0 Å². The molecule has 4 N–H and O–H groups in total. The third-order valence-corrected chi connectivity index (χ3v) is 0.906. The fraction of sp³-hybridized carbons (Fsp3) is 0.500. The van der Waals surface area contributed by atoms with Gasteiger partial charge in [0.2, 0.25) is 0 Å². The van der Waals surface area contributed by atoms with Crippen LogP contribution in [-0.2, 0) is 9.59 Å². The van der Waals surface area contributed by atoms with Crippen LogP contribution in [0, 0.1) is 0 Å². The number of hydrogen-bond donors (Lipinski definition) is 3. The summed E-state index contributed by atoms with van der Waals surface area (Å²) in [7, 11) is 0. The Kier molecular flexibility index (Phi) is 4.61. The smallest absolute Gasteiger partial charge is 0.323 e. The summed E-state index contributed by atoms with van der Waals surface area (Å²) in [5, 5.41) is 2.22. The van der Waals surface area contributed by atoms with Crippen LogP contribution in [0.1, 0.15) is 0 Å². The Bertz CT molecular complexity index is 138. The molecule has 0 bridgehead atoms. The molecule has 0 aliphatic heterocycles. The predicted octanol–water partition coefficient (Wildman–Crippen LogP) is -1.67. The van der Waals surface area contributed by atoms with E-state index in [4.69, 9.17) is 11.6 Å². The Morgan fingerprint density at radius 3 is 2.40 bits per heavy atom. The third-order valence-electron chi connectivity index (χ3n) is 0.717. The molecule has 0 saturated heterocycles. The number of rotatable bonds is 2. The average Bonchev–Trinajstić information content (AvgIpc) is 1.98. The first-order chi connectivity index (χ1) is 4.72. The van der Waals surface area contributed by atoms with Crippen LogP contribution in [0.3, 0.4) is 0 Å². The van der Waals surface area contributed by atoms with E-state index in [2.05, 4.69) is 11.2 Å². The van der Waals surface area contributed by atoms with Crippen LogP contribution in [0.5, 0.6) is 0 Å². The highest BCUT2D eigenvalue weighted by Crippen LogP contribution is 1.70. The second kappa shape index (κ2) is 5.01. The van der Waals surface area contributed by atoms with Crippen molar-refractivity contribution < 1.29 is 9.59 Å².